The van der Waals surface area contributed by atoms with Crippen molar-refractivity contribution in [2.24, 2.45) is 0 Å². The van der Waals surface area contributed by atoms with Gasteiger partial charge < -0.3 is 10.6 Å². The Balaban J connectivity index is 2.18. The highest BCUT2D eigenvalue weighted by atomic mass is 32.1. The van der Waals surface area contributed by atoms with Gasteiger partial charge >= 0.3 is 0 Å². The number of anilines is 2. The van der Waals surface area contributed by atoms with Gasteiger partial charge in [-0.15, -0.1) is 0 Å². The maximum absolute atomic E-state index is 5.71. The standard InChI is InChI=1S/C16H20N2S2/c17-15-5-1-13(2-6-15)14-3-7-16(8-4-14)18(9-11-19)10-12-20/h1-8,19-20H,9-12,17H2. The highest BCUT2D eigenvalue weighted by molar-refractivity contribution is 7.80. The average Bonchev–Trinajstić information content (AvgIpc) is 2.48. The second-order valence-electron chi connectivity index (χ2n) is 4.60. The molecule has 0 unspecified atom stereocenters. The van der Waals surface area contributed by atoms with Crippen molar-refractivity contribution in [2.75, 3.05) is 35.2 Å². The summed E-state index contributed by atoms with van der Waals surface area (Å²) in [5.41, 5.74) is 10.1. The van der Waals surface area contributed by atoms with E-state index >= 15 is 0 Å². The monoisotopic (exact) mass is 304 g/mol. The fourth-order valence-corrected chi connectivity index (χ4v) is 2.63. The second kappa shape index (κ2) is 7.50. The lowest BCUT2D eigenvalue weighted by Crippen LogP contribution is -2.27. The zero-order valence-corrected chi connectivity index (χ0v) is 13.2. The molecule has 2 aromatic rings. The molecule has 2 aromatic carbocycles. The number of nitrogens with zero attached hydrogens (tertiary/aromatic N) is 1. The number of benzene rings is 2. The van der Waals surface area contributed by atoms with Crippen molar-refractivity contribution in [1.82, 2.24) is 0 Å². The van der Waals surface area contributed by atoms with Crippen molar-refractivity contribution in [3.05, 3.63) is 48.5 Å². The van der Waals surface area contributed by atoms with Gasteiger partial charge in [-0.3, -0.25) is 0 Å². The van der Waals surface area contributed by atoms with E-state index in [1.165, 1.54) is 16.8 Å². The van der Waals surface area contributed by atoms with Crippen molar-refractivity contribution < 1.29 is 0 Å². The average molecular weight is 304 g/mol. The van der Waals surface area contributed by atoms with Gasteiger partial charge in [0.05, 0.1) is 0 Å². The highest BCUT2D eigenvalue weighted by Crippen LogP contribution is 2.24. The third-order valence-corrected chi connectivity index (χ3v) is 3.62. The van der Waals surface area contributed by atoms with Gasteiger partial charge in [-0.1, -0.05) is 24.3 Å². The van der Waals surface area contributed by atoms with Crippen LogP contribution < -0.4 is 10.6 Å². The quantitative estimate of drug-likeness (QED) is 0.562. The first-order valence-electron chi connectivity index (χ1n) is 6.67. The SMILES string of the molecule is Nc1ccc(-c2ccc(N(CCS)CCS)cc2)cc1. The molecule has 0 aliphatic heterocycles. The van der Waals surface area contributed by atoms with E-state index in [0.29, 0.717) is 0 Å². The number of thiol groups is 2. The van der Waals surface area contributed by atoms with Crippen LogP contribution >= 0.6 is 25.3 Å². The molecule has 2 rings (SSSR count). The number of hydrogen-bond acceptors (Lipinski definition) is 4. The first-order valence-corrected chi connectivity index (χ1v) is 7.93. The summed E-state index contributed by atoms with van der Waals surface area (Å²) in [5, 5.41) is 0. The number of nitrogen functional groups attached to an aromatic ring is 1. The lowest BCUT2D eigenvalue weighted by molar-refractivity contribution is 0.882. The van der Waals surface area contributed by atoms with Gasteiger partial charge in [0, 0.05) is 36.0 Å². The molecule has 0 saturated heterocycles. The Kier molecular flexibility index (Phi) is 5.68. The van der Waals surface area contributed by atoms with E-state index in [0.717, 1.165) is 30.3 Å². The van der Waals surface area contributed by atoms with E-state index in [1.54, 1.807) is 0 Å². The van der Waals surface area contributed by atoms with Crippen LogP contribution in [0.15, 0.2) is 48.5 Å². The van der Waals surface area contributed by atoms with Crippen molar-refractivity contribution in [3.63, 3.8) is 0 Å². The lowest BCUT2D eigenvalue weighted by Gasteiger charge is -2.23. The predicted octanol–water partition coefficient (Wildman–Crippen LogP) is 3.60. The predicted molar refractivity (Wildman–Crippen MR) is 96.2 cm³/mol. The van der Waals surface area contributed by atoms with Crippen molar-refractivity contribution in [1.29, 1.82) is 0 Å². The maximum Gasteiger partial charge on any atom is 0.0367 e. The summed E-state index contributed by atoms with van der Waals surface area (Å²) in [6.45, 7) is 1.87. The molecule has 0 heterocycles. The number of nitrogens with two attached hydrogens (primary N) is 1. The molecule has 4 heteroatoms. The summed E-state index contributed by atoms with van der Waals surface area (Å²) < 4.78 is 0. The molecule has 0 bridgehead atoms. The van der Waals surface area contributed by atoms with Gasteiger partial charge in [-0.05, 0) is 35.4 Å². The molecule has 0 aliphatic rings. The molecule has 2 N–H and O–H groups in total. The van der Waals surface area contributed by atoms with E-state index in [2.05, 4.69) is 54.4 Å². The summed E-state index contributed by atoms with van der Waals surface area (Å²) in [6, 6.07) is 16.5. The normalized spacial score (nSPS) is 10.5. The lowest BCUT2D eigenvalue weighted by atomic mass is 10.0. The molecular formula is C16H20N2S2. The molecule has 0 aliphatic carbocycles. The Morgan fingerprint density at radius 2 is 1.20 bits per heavy atom. The fraction of sp³-hybridized carbons (Fsp3) is 0.250. The van der Waals surface area contributed by atoms with E-state index in [-0.39, 0.29) is 0 Å². The molecule has 0 amide bonds. The zero-order chi connectivity index (χ0) is 14.4. The molecule has 106 valence electrons. The topological polar surface area (TPSA) is 29.3 Å². The minimum absolute atomic E-state index is 0.791. The van der Waals surface area contributed by atoms with Gasteiger partial charge in [-0.2, -0.15) is 25.3 Å². The minimum Gasteiger partial charge on any atom is -0.399 e. The molecule has 0 aromatic heterocycles. The Labute approximate surface area is 131 Å². The third-order valence-electron chi connectivity index (χ3n) is 3.22. The van der Waals surface area contributed by atoms with Crippen LogP contribution in [0.1, 0.15) is 0 Å². The largest absolute Gasteiger partial charge is 0.399 e. The molecular weight excluding hydrogens is 284 g/mol. The first-order chi connectivity index (χ1) is 9.74. The summed E-state index contributed by atoms with van der Waals surface area (Å²) in [7, 11) is 0. The Morgan fingerprint density at radius 1 is 0.750 bits per heavy atom. The van der Waals surface area contributed by atoms with Crippen LogP contribution in [0.2, 0.25) is 0 Å². The van der Waals surface area contributed by atoms with Crippen molar-refractivity contribution >= 4 is 36.6 Å². The van der Waals surface area contributed by atoms with Crippen molar-refractivity contribution in [2.45, 2.75) is 0 Å². The molecule has 0 radical (unpaired) electrons. The second-order valence-corrected chi connectivity index (χ2v) is 5.50. The smallest absolute Gasteiger partial charge is 0.0367 e. The van der Waals surface area contributed by atoms with Crippen LogP contribution in [-0.2, 0) is 0 Å². The molecule has 0 fully saturated rings. The molecule has 0 atom stereocenters. The van der Waals surface area contributed by atoms with Crippen LogP contribution in [0, 0.1) is 0 Å². The Morgan fingerprint density at radius 3 is 1.65 bits per heavy atom. The van der Waals surface area contributed by atoms with Gasteiger partial charge in [0.25, 0.3) is 0 Å². The van der Waals surface area contributed by atoms with E-state index in [1.807, 2.05) is 24.3 Å². The third kappa shape index (κ3) is 3.87. The van der Waals surface area contributed by atoms with Crippen LogP contribution in [-0.4, -0.2) is 24.6 Å². The molecule has 0 saturated carbocycles. The number of hydrogen-bond donors (Lipinski definition) is 3. The highest BCUT2D eigenvalue weighted by Gasteiger charge is 2.05. The summed E-state index contributed by atoms with van der Waals surface area (Å²) in [4.78, 5) is 2.30. The van der Waals surface area contributed by atoms with Crippen LogP contribution in [0.25, 0.3) is 11.1 Å². The summed E-state index contributed by atoms with van der Waals surface area (Å²) in [6.07, 6.45) is 0. The van der Waals surface area contributed by atoms with Gasteiger partial charge in [0.1, 0.15) is 0 Å². The number of rotatable bonds is 6. The van der Waals surface area contributed by atoms with Crippen LogP contribution in [0.4, 0.5) is 11.4 Å². The van der Waals surface area contributed by atoms with Gasteiger partial charge in [0.2, 0.25) is 0 Å². The Hall–Kier alpha value is -1.26. The van der Waals surface area contributed by atoms with E-state index in [4.69, 9.17) is 5.73 Å². The zero-order valence-electron chi connectivity index (χ0n) is 11.4. The fourth-order valence-electron chi connectivity index (χ4n) is 2.15. The van der Waals surface area contributed by atoms with Crippen LogP contribution in [0.3, 0.4) is 0 Å². The minimum atomic E-state index is 0.791. The molecule has 0 spiro atoms. The van der Waals surface area contributed by atoms with Crippen molar-refractivity contribution in [3.8, 4) is 11.1 Å². The Bertz CT molecular complexity index is 517. The summed E-state index contributed by atoms with van der Waals surface area (Å²) in [5.74, 6) is 1.68. The summed E-state index contributed by atoms with van der Waals surface area (Å²) >= 11 is 8.62. The first kappa shape index (κ1) is 15.1. The van der Waals surface area contributed by atoms with E-state index < -0.39 is 0 Å². The van der Waals surface area contributed by atoms with Crippen LogP contribution in [0.5, 0.6) is 0 Å². The molecule has 2 nitrogen and oxygen atoms in total. The molecule has 20 heavy (non-hydrogen) atoms. The maximum atomic E-state index is 5.71. The van der Waals surface area contributed by atoms with Gasteiger partial charge in [-0.25, -0.2) is 0 Å². The van der Waals surface area contributed by atoms with Gasteiger partial charge in [0.15, 0.2) is 0 Å². The van der Waals surface area contributed by atoms with E-state index in [9.17, 15) is 0 Å².